The topological polar surface area (TPSA) is 42.2 Å². The third-order valence-corrected chi connectivity index (χ3v) is 3.28. The van der Waals surface area contributed by atoms with Gasteiger partial charge in [0.2, 0.25) is 0 Å². The second kappa shape index (κ2) is 6.11. The number of nitriles is 1. The van der Waals surface area contributed by atoms with Gasteiger partial charge in [-0.25, -0.2) is 0 Å². The standard InChI is InChI=1S/C10H9Br2NO2/c1-14-6-15-9-3-2-7(4-11)10(12)8(9)5-13/h2-3H,4,6H2,1H3. The van der Waals surface area contributed by atoms with E-state index in [0.29, 0.717) is 16.6 Å². The number of hydrogen-bond acceptors (Lipinski definition) is 3. The van der Waals surface area contributed by atoms with Crippen LogP contribution >= 0.6 is 31.9 Å². The normalized spacial score (nSPS) is 9.73. The highest BCUT2D eigenvalue weighted by molar-refractivity contribution is 9.10. The number of hydrogen-bond donors (Lipinski definition) is 0. The molecular formula is C10H9Br2NO2. The second-order valence-electron chi connectivity index (χ2n) is 2.71. The van der Waals surface area contributed by atoms with E-state index in [1.807, 2.05) is 6.07 Å². The van der Waals surface area contributed by atoms with E-state index in [4.69, 9.17) is 14.7 Å². The fourth-order valence-electron chi connectivity index (χ4n) is 1.05. The Hall–Kier alpha value is -0.570. The molecule has 0 aliphatic carbocycles. The molecule has 0 heterocycles. The predicted molar refractivity (Wildman–Crippen MR) is 64.0 cm³/mol. The molecular weight excluding hydrogens is 326 g/mol. The van der Waals surface area contributed by atoms with Gasteiger partial charge < -0.3 is 9.47 Å². The van der Waals surface area contributed by atoms with E-state index >= 15 is 0 Å². The molecule has 1 aromatic rings. The van der Waals surface area contributed by atoms with Crippen molar-refractivity contribution in [3.63, 3.8) is 0 Å². The summed E-state index contributed by atoms with van der Waals surface area (Å²) in [7, 11) is 1.54. The SMILES string of the molecule is COCOc1ccc(CBr)c(Br)c1C#N. The van der Waals surface area contributed by atoms with E-state index < -0.39 is 0 Å². The Balaban J connectivity index is 3.08. The fraction of sp³-hybridized carbons (Fsp3) is 0.300. The largest absolute Gasteiger partial charge is 0.466 e. The van der Waals surface area contributed by atoms with Crippen LogP contribution in [0.25, 0.3) is 0 Å². The highest BCUT2D eigenvalue weighted by atomic mass is 79.9. The van der Waals surface area contributed by atoms with Gasteiger partial charge in [-0.05, 0) is 27.6 Å². The molecule has 0 atom stereocenters. The molecule has 0 fully saturated rings. The number of nitrogens with zero attached hydrogens (tertiary/aromatic N) is 1. The highest BCUT2D eigenvalue weighted by Crippen LogP contribution is 2.30. The number of alkyl halides is 1. The first kappa shape index (κ1) is 12.5. The fourth-order valence-corrected chi connectivity index (χ4v) is 2.45. The van der Waals surface area contributed by atoms with Crippen molar-refractivity contribution in [1.29, 1.82) is 5.26 Å². The quantitative estimate of drug-likeness (QED) is 0.627. The molecule has 0 unspecified atom stereocenters. The van der Waals surface area contributed by atoms with Gasteiger partial charge in [-0.2, -0.15) is 5.26 Å². The third-order valence-electron chi connectivity index (χ3n) is 1.77. The van der Waals surface area contributed by atoms with Crippen LogP contribution in [0.3, 0.4) is 0 Å². The molecule has 0 N–H and O–H groups in total. The summed E-state index contributed by atoms with van der Waals surface area (Å²) in [6.45, 7) is 0.134. The zero-order valence-corrected chi connectivity index (χ0v) is 11.3. The lowest BCUT2D eigenvalue weighted by atomic mass is 10.1. The monoisotopic (exact) mass is 333 g/mol. The summed E-state index contributed by atoms with van der Waals surface area (Å²) in [5.41, 5.74) is 1.50. The van der Waals surface area contributed by atoms with E-state index in [1.165, 1.54) is 7.11 Å². The molecule has 1 aromatic carbocycles. The molecule has 0 amide bonds. The van der Waals surface area contributed by atoms with Crippen molar-refractivity contribution in [3.8, 4) is 11.8 Å². The molecule has 0 saturated carbocycles. The van der Waals surface area contributed by atoms with Crippen LogP contribution in [0.1, 0.15) is 11.1 Å². The van der Waals surface area contributed by atoms with Crippen LogP contribution in [0, 0.1) is 11.3 Å². The van der Waals surface area contributed by atoms with Gasteiger partial charge in [-0.3, -0.25) is 0 Å². The number of methoxy groups -OCH3 is 1. The first-order chi connectivity index (χ1) is 7.24. The van der Waals surface area contributed by atoms with Crippen molar-refractivity contribution >= 4 is 31.9 Å². The molecule has 0 saturated heterocycles. The molecule has 5 heteroatoms. The maximum absolute atomic E-state index is 9.00. The number of rotatable bonds is 4. The predicted octanol–water partition coefficient (Wildman–Crippen LogP) is 3.20. The van der Waals surface area contributed by atoms with Gasteiger partial charge in [-0.1, -0.05) is 22.0 Å². The van der Waals surface area contributed by atoms with Crippen LogP contribution in [0.2, 0.25) is 0 Å². The van der Waals surface area contributed by atoms with Gasteiger partial charge in [0.05, 0.1) is 0 Å². The molecule has 0 spiro atoms. The molecule has 15 heavy (non-hydrogen) atoms. The average molecular weight is 335 g/mol. The number of halogens is 2. The second-order valence-corrected chi connectivity index (χ2v) is 4.06. The Kier molecular flexibility index (Phi) is 5.09. The minimum absolute atomic E-state index is 0.134. The molecule has 0 aliphatic heterocycles. The summed E-state index contributed by atoms with van der Waals surface area (Å²) in [4.78, 5) is 0. The summed E-state index contributed by atoms with van der Waals surface area (Å²) in [5.74, 6) is 0.524. The summed E-state index contributed by atoms with van der Waals surface area (Å²) >= 11 is 6.72. The maximum atomic E-state index is 9.00. The molecule has 0 bridgehead atoms. The Morgan fingerprint density at radius 2 is 2.20 bits per heavy atom. The lowest BCUT2D eigenvalue weighted by Gasteiger charge is -2.09. The minimum atomic E-state index is 0.134. The first-order valence-corrected chi connectivity index (χ1v) is 6.05. The van der Waals surface area contributed by atoms with Gasteiger partial charge >= 0.3 is 0 Å². The highest BCUT2D eigenvalue weighted by Gasteiger charge is 2.11. The van der Waals surface area contributed by atoms with E-state index in [2.05, 4.69) is 37.9 Å². The van der Waals surface area contributed by atoms with Crippen LogP contribution in [-0.4, -0.2) is 13.9 Å². The average Bonchev–Trinajstić information content (AvgIpc) is 2.26. The van der Waals surface area contributed by atoms with Crippen molar-refractivity contribution in [2.45, 2.75) is 5.33 Å². The summed E-state index contributed by atoms with van der Waals surface area (Å²) in [5, 5.41) is 9.69. The Morgan fingerprint density at radius 1 is 1.47 bits per heavy atom. The third kappa shape index (κ3) is 2.94. The van der Waals surface area contributed by atoms with Crippen LogP contribution < -0.4 is 4.74 Å². The van der Waals surface area contributed by atoms with Crippen molar-refractivity contribution in [2.24, 2.45) is 0 Å². The van der Waals surface area contributed by atoms with Gasteiger partial charge in [-0.15, -0.1) is 0 Å². The Morgan fingerprint density at radius 3 is 2.73 bits per heavy atom. The summed E-state index contributed by atoms with van der Waals surface area (Å²) in [6, 6.07) is 5.76. The Labute approximate surface area is 105 Å². The summed E-state index contributed by atoms with van der Waals surface area (Å²) < 4.78 is 10.8. The molecule has 0 aliphatic rings. The van der Waals surface area contributed by atoms with Crippen LogP contribution in [0.4, 0.5) is 0 Å². The van der Waals surface area contributed by atoms with E-state index in [0.717, 1.165) is 10.0 Å². The smallest absolute Gasteiger partial charge is 0.188 e. The molecule has 1 rings (SSSR count). The lowest BCUT2D eigenvalue weighted by molar-refractivity contribution is 0.0508. The maximum Gasteiger partial charge on any atom is 0.188 e. The molecule has 0 aromatic heterocycles. The first-order valence-electron chi connectivity index (χ1n) is 4.13. The van der Waals surface area contributed by atoms with E-state index in [1.54, 1.807) is 6.07 Å². The van der Waals surface area contributed by atoms with Gasteiger partial charge in [0.1, 0.15) is 17.4 Å². The van der Waals surface area contributed by atoms with Gasteiger partial charge in [0.25, 0.3) is 0 Å². The molecule has 80 valence electrons. The van der Waals surface area contributed by atoms with E-state index in [9.17, 15) is 0 Å². The summed E-state index contributed by atoms with van der Waals surface area (Å²) in [6.07, 6.45) is 0. The van der Waals surface area contributed by atoms with Crippen molar-refractivity contribution in [3.05, 3.63) is 27.7 Å². The van der Waals surface area contributed by atoms with Crippen molar-refractivity contribution < 1.29 is 9.47 Å². The lowest BCUT2D eigenvalue weighted by Crippen LogP contribution is -2.01. The zero-order chi connectivity index (χ0) is 11.3. The van der Waals surface area contributed by atoms with Gasteiger partial charge in [0.15, 0.2) is 6.79 Å². The van der Waals surface area contributed by atoms with Gasteiger partial charge in [0, 0.05) is 16.9 Å². The number of ether oxygens (including phenoxy) is 2. The van der Waals surface area contributed by atoms with Crippen molar-refractivity contribution in [1.82, 2.24) is 0 Å². The van der Waals surface area contributed by atoms with Crippen LogP contribution in [0.5, 0.6) is 5.75 Å². The zero-order valence-electron chi connectivity index (χ0n) is 8.09. The van der Waals surface area contributed by atoms with Crippen LogP contribution in [-0.2, 0) is 10.1 Å². The number of benzene rings is 1. The molecule has 3 nitrogen and oxygen atoms in total. The molecule has 0 radical (unpaired) electrons. The van der Waals surface area contributed by atoms with E-state index in [-0.39, 0.29) is 6.79 Å². The van der Waals surface area contributed by atoms with Crippen LogP contribution in [0.15, 0.2) is 16.6 Å². The minimum Gasteiger partial charge on any atom is -0.466 e. The van der Waals surface area contributed by atoms with Crippen molar-refractivity contribution in [2.75, 3.05) is 13.9 Å². The Bertz CT molecular complexity index is 388.